The maximum absolute atomic E-state index is 11.0. The summed E-state index contributed by atoms with van der Waals surface area (Å²) in [6.45, 7) is 2.86. The van der Waals surface area contributed by atoms with Crippen LogP contribution in [-0.2, 0) is 14.4 Å². The lowest BCUT2D eigenvalue weighted by atomic mass is 9.97. The molecule has 84 valence electrons. The molecule has 0 spiro atoms. The van der Waals surface area contributed by atoms with E-state index in [4.69, 9.17) is 9.59 Å². The minimum Gasteiger partial charge on any atom is -0.355 e. The van der Waals surface area contributed by atoms with E-state index < -0.39 is 0 Å². The second kappa shape index (κ2) is 5.83. The number of rotatable bonds is 1. The van der Waals surface area contributed by atoms with Crippen LogP contribution >= 0.6 is 0 Å². The van der Waals surface area contributed by atoms with Crippen molar-refractivity contribution in [2.24, 2.45) is 0 Å². The molecule has 0 radical (unpaired) electrons. The fourth-order valence-corrected chi connectivity index (χ4v) is 1.68. The van der Waals surface area contributed by atoms with E-state index in [-0.39, 0.29) is 12.1 Å². The van der Waals surface area contributed by atoms with Crippen molar-refractivity contribution in [1.82, 2.24) is 5.32 Å². The first-order valence-electron chi connectivity index (χ1n) is 5.00. The smallest absolute Gasteiger partial charge is 0.355 e. The van der Waals surface area contributed by atoms with Gasteiger partial charge in [0.1, 0.15) is 0 Å². The lowest BCUT2D eigenvalue weighted by Gasteiger charge is -2.06. The molecule has 0 saturated carbocycles. The van der Waals surface area contributed by atoms with Crippen LogP contribution in [0.25, 0.3) is 0 Å². The second-order valence-corrected chi connectivity index (χ2v) is 3.70. The molecule has 4 nitrogen and oxygen atoms in total. The molecule has 1 aromatic rings. The minimum absolute atomic E-state index is 0.172. The molecular formula is C12H13NO3. The highest BCUT2D eigenvalue weighted by Gasteiger charge is 2.22. The van der Waals surface area contributed by atoms with Crippen LogP contribution in [0.3, 0.4) is 0 Å². The van der Waals surface area contributed by atoms with E-state index in [1.54, 1.807) is 0 Å². The largest absolute Gasteiger partial charge is 0.373 e. The Morgan fingerprint density at radius 3 is 2.25 bits per heavy atom. The van der Waals surface area contributed by atoms with Crippen LogP contribution in [0.5, 0.6) is 0 Å². The summed E-state index contributed by atoms with van der Waals surface area (Å²) >= 11 is 0. The van der Waals surface area contributed by atoms with E-state index in [2.05, 4.69) is 36.5 Å². The molecule has 0 aliphatic carbocycles. The van der Waals surface area contributed by atoms with Crippen molar-refractivity contribution in [2.75, 3.05) is 6.54 Å². The molecule has 16 heavy (non-hydrogen) atoms. The fraction of sp³-hybridized carbons (Fsp3) is 0.333. The topological polar surface area (TPSA) is 63.2 Å². The molecule has 1 fully saturated rings. The lowest BCUT2D eigenvalue weighted by Crippen LogP contribution is -2.13. The molecule has 1 aromatic carbocycles. The van der Waals surface area contributed by atoms with Crippen LogP contribution in [-0.4, -0.2) is 18.6 Å². The first-order chi connectivity index (χ1) is 7.67. The summed E-state index contributed by atoms with van der Waals surface area (Å²) in [7, 11) is 0. The predicted molar refractivity (Wildman–Crippen MR) is 56.6 cm³/mol. The van der Waals surface area contributed by atoms with Crippen molar-refractivity contribution in [3.63, 3.8) is 0 Å². The lowest BCUT2D eigenvalue weighted by molar-refractivity contribution is -0.191. The highest BCUT2D eigenvalue weighted by Crippen LogP contribution is 2.22. The van der Waals surface area contributed by atoms with Crippen LogP contribution in [0.15, 0.2) is 24.3 Å². The van der Waals surface area contributed by atoms with Gasteiger partial charge in [-0.25, -0.2) is 0 Å². The van der Waals surface area contributed by atoms with Crippen LogP contribution in [0, 0.1) is 6.92 Å². The Morgan fingerprint density at radius 2 is 1.81 bits per heavy atom. The molecule has 1 amide bonds. The molecule has 4 heteroatoms. The Morgan fingerprint density at radius 1 is 1.25 bits per heavy atom. The van der Waals surface area contributed by atoms with Crippen molar-refractivity contribution < 1.29 is 14.4 Å². The van der Waals surface area contributed by atoms with Gasteiger partial charge in [0.25, 0.3) is 0 Å². The number of aryl methyl sites for hydroxylation is 1. The highest BCUT2D eigenvalue weighted by atomic mass is 16.2. The number of benzene rings is 1. The van der Waals surface area contributed by atoms with Gasteiger partial charge in [-0.1, -0.05) is 29.8 Å². The fourth-order valence-electron chi connectivity index (χ4n) is 1.68. The maximum Gasteiger partial charge on any atom is 0.373 e. The van der Waals surface area contributed by atoms with Crippen LogP contribution < -0.4 is 5.32 Å². The van der Waals surface area contributed by atoms with Crippen LogP contribution in [0.2, 0.25) is 0 Å². The van der Waals surface area contributed by atoms with E-state index in [1.165, 1.54) is 11.1 Å². The van der Waals surface area contributed by atoms with Gasteiger partial charge >= 0.3 is 6.15 Å². The number of carbonyl (C=O) groups is 1. The normalized spacial score (nSPS) is 18.1. The van der Waals surface area contributed by atoms with Gasteiger partial charge in [0, 0.05) is 18.9 Å². The molecule has 1 unspecified atom stereocenters. The number of amides is 1. The Hall–Kier alpha value is -1.93. The van der Waals surface area contributed by atoms with Crippen molar-refractivity contribution in [1.29, 1.82) is 0 Å². The third-order valence-corrected chi connectivity index (χ3v) is 2.53. The number of hydrogen-bond donors (Lipinski definition) is 1. The summed E-state index contributed by atoms with van der Waals surface area (Å²) < 4.78 is 0. The van der Waals surface area contributed by atoms with Gasteiger partial charge in [0.05, 0.1) is 0 Å². The molecule has 0 bridgehead atoms. The quantitative estimate of drug-likeness (QED) is 0.766. The molecule has 1 atom stereocenters. The first-order valence-corrected chi connectivity index (χ1v) is 5.00. The van der Waals surface area contributed by atoms with Crippen molar-refractivity contribution in [3.05, 3.63) is 35.4 Å². The van der Waals surface area contributed by atoms with Crippen molar-refractivity contribution >= 4 is 12.1 Å². The van der Waals surface area contributed by atoms with Gasteiger partial charge in [-0.15, -0.1) is 0 Å². The minimum atomic E-state index is 0.172. The monoisotopic (exact) mass is 219 g/mol. The summed E-state index contributed by atoms with van der Waals surface area (Å²) in [6.07, 6.45) is 0.892. The average molecular weight is 219 g/mol. The Bertz CT molecular complexity index is 391. The van der Waals surface area contributed by atoms with E-state index in [1.807, 2.05) is 0 Å². The molecule has 1 aliphatic heterocycles. The SMILES string of the molecule is Cc1ccc(C2CNC(=O)C2)cc1.O=C=O. The third-order valence-electron chi connectivity index (χ3n) is 2.53. The number of nitrogens with one attached hydrogen (secondary N) is 1. The Labute approximate surface area is 93.7 Å². The van der Waals surface area contributed by atoms with E-state index in [0.29, 0.717) is 12.3 Å². The highest BCUT2D eigenvalue weighted by molar-refractivity contribution is 5.79. The number of hydrogen-bond acceptors (Lipinski definition) is 3. The van der Waals surface area contributed by atoms with Gasteiger partial charge in [0.2, 0.25) is 5.91 Å². The summed E-state index contributed by atoms with van der Waals surface area (Å²) in [5.74, 6) is 0.554. The molecule has 0 aromatic heterocycles. The number of carbonyl (C=O) groups excluding carboxylic acids is 3. The Balaban J connectivity index is 0.000000386. The van der Waals surface area contributed by atoms with Gasteiger partial charge in [-0.3, -0.25) is 4.79 Å². The molecular weight excluding hydrogens is 206 g/mol. The summed E-state index contributed by atoms with van der Waals surface area (Å²) in [6, 6.07) is 8.41. The van der Waals surface area contributed by atoms with Gasteiger partial charge in [-0.05, 0) is 12.5 Å². The predicted octanol–water partition coefficient (Wildman–Crippen LogP) is 1.02. The van der Waals surface area contributed by atoms with Gasteiger partial charge < -0.3 is 5.32 Å². The summed E-state index contributed by atoms with van der Waals surface area (Å²) in [5, 5.41) is 2.84. The Kier molecular flexibility index (Phi) is 4.42. The first kappa shape index (κ1) is 12.1. The van der Waals surface area contributed by atoms with Crippen molar-refractivity contribution in [3.8, 4) is 0 Å². The zero-order valence-corrected chi connectivity index (χ0v) is 9.03. The zero-order chi connectivity index (χ0) is 12.0. The standard InChI is InChI=1S/C11H13NO.CO2/c1-8-2-4-9(5-3-8)10-6-11(13)12-7-10;2-1-3/h2-5,10H,6-7H2,1H3,(H,12,13);. The van der Waals surface area contributed by atoms with Gasteiger partial charge in [-0.2, -0.15) is 9.59 Å². The zero-order valence-electron chi connectivity index (χ0n) is 9.03. The molecule has 1 saturated heterocycles. The summed E-state index contributed by atoms with van der Waals surface area (Å²) in [4.78, 5) is 27.2. The van der Waals surface area contributed by atoms with Gasteiger partial charge in [0.15, 0.2) is 0 Å². The molecule has 1 N–H and O–H groups in total. The average Bonchev–Trinajstić information content (AvgIpc) is 2.67. The van der Waals surface area contributed by atoms with E-state index >= 15 is 0 Å². The molecule has 1 aliphatic rings. The van der Waals surface area contributed by atoms with Crippen LogP contribution in [0.4, 0.5) is 0 Å². The van der Waals surface area contributed by atoms with Crippen molar-refractivity contribution in [2.45, 2.75) is 19.3 Å². The van der Waals surface area contributed by atoms with E-state index in [9.17, 15) is 4.79 Å². The molecule has 2 rings (SSSR count). The van der Waals surface area contributed by atoms with E-state index in [0.717, 1.165) is 6.54 Å². The second-order valence-electron chi connectivity index (χ2n) is 3.70. The third kappa shape index (κ3) is 3.33. The van der Waals surface area contributed by atoms with Crippen LogP contribution in [0.1, 0.15) is 23.5 Å². The molecule has 1 heterocycles. The maximum atomic E-state index is 11.0. The summed E-state index contributed by atoms with van der Waals surface area (Å²) in [5.41, 5.74) is 2.53.